The molecule has 0 saturated heterocycles. The maximum absolute atomic E-state index is 13.4. The Bertz CT molecular complexity index is 1530. The van der Waals surface area contributed by atoms with Gasteiger partial charge in [-0.2, -0.15) is 0 Å². The average molecular weight is 572 g/mol. The van der Waals surface area contributed by atoms with E-state index in [0.717, 1.165) is 18.4 Å². The summed E-state index contributed by atoms with van der Waals surface area (Å²) >= 11 is 7.20. The number of aromatic nitrogens is 4. The minimum Gasteiger partial charge on any atom is -0.331 e. The Morgan fingerprint density at radius 3 is 2.59 bits per heavy atom. The third-order valence-corrected chi connectivity index (χ3v) is 9.18. The quantitative estimate of drug-likeness (QED) is 0.478. The zero-order valence-electron chi connectivity index (χ0n) is 20.2. The standard InChI is InChI=1S/C22H24ClF2N7O3S2/c1-22(6-7-22)29-37(34,35)13-10-14(12-4-8-31(9-5-12)21(33)30(2)3)15-16(23)26-18(32(15)11-13)20-28-27-19(36-20)17(24)25/h4,10-11,17,29H,5-9H2,1-3H3. The van der Waals surface area contributed by atoms with Crippen molar-refractivity contribution in [1.29, 1.82) is 0 Å². The largest absolute Gasteiger partial charge is 0.331 e. The highest BCUT2D eigenvalue weighted by Gasteiger charge is 2.41. The molecule has 0 unspecified atom stereocenters. The van der Waals surface area contributed by atoms with Crippen LogP contribution in [0.25, 0.3) is 21.9 Å². The molecule has 3 aromatic rings. The molecule has 0 spiro atoms. The Morgan fingerprint density at radius 2 is 2.03 bits per heavy atom. The number of rotatable bonds is 6. The second kappa shape index (κ2) is 9.26. The highest BCUT2D eigenvalue weighted by Crippen LogP contribution is 2.39. The van der Waals surface area contributed by atoms with Crippen LogP contribution in [0.15, 0.2) is 23.2 Å². The van der Waals surface area contributed by atoms with E-state index in [2.05, 4.69) is 19.9 Å². The lowest BCUT2D eigenvalue weighted by atomic mass is 9.99. The summed E-state index contributed by atoms with van der Waals surface area (Å²) in [5.41, 5.74) is 1.23. The third-order valence-electron chi connectivity index (χ3n) is 6.38. The summed E-state index contributed by atoms with van der Waals surface area (Å²) in [5.74, 6) is 0.112. The predicted octanol–water partition coefficient (Wildman–Crippen LogP) is 4.05. The van der Waals surface area contributed by atoms with Gasteiger partial charge in [-0.15, -0.1) is 10.2 Å². The first-order valence-electron chi connectivity index (χ1n) is 11.4. The Balaban J connectivity index is 1.66. The molecule has 10 nitrogen and oxygen atoms in total. The highest BCUT2D eigenvalue weighted by molar-refractivity contribution is 7.89. The van der Waals surface area contributed by atoms with Crippen molar-refractivity contribution in [3.63, 3.8) is 0 Å². The van der Waals surface area contributed by atoms with Crippen molar-refractivity contribution in [2.24, 2.45) is 0 Å². The molecule has 1 N–H and O–H groups in total. The van der Waals surface area contributed by atoms with Gasteiger partial charge in [-0.1, -0.05) is 29.0 Å². The topological polar surface area (TPSA) is 113 Å². The Labute approximate surface area is 221 Å². The molecular weight excluding hydrogens is 548 g/mol. The van der Waals surface area contributed by atoms with Crippen molar-refractivity contribution in [3.05, 3.63) is 34.1 Å². The molecule has 5 rings (SSSR count). The van der Waals surface area contributed by atoms with Gasteiger partial charge < -0.3 is 9.80 Å². The number of halogens is 3. The molecule has 2 aliphatic rings. The molecule has 2 amide bonds. The fourth-order valence-electron chi connectivity index (χ4n) is 4.15. The molecule has 1 aliphatic heterocycles. The van der Waals surface area contributed by atoms with Gasteiger partial charge in [-0.25, -0.2) is 31.7 Å². The van der Waals surface area contributed by atoms with Crippen LogP contribution in [0.1, 0.15) is 43.2 Å². The molecule has 1 saturated carbocycles. The van der Waals surface area contributed by atoms with Gasteiger partial charge in [0.2, 0.25) is 10.0 Å². The van der Waals surface area contributed by atoms with Gasteiger partial charge in [-0.3, -0.25) is 4.40 Å². The third kappa shape index (κ3) is 4.94. The number of hydrogen-bond donors (Lipinski definition) is 1. The minimum atomic E-state index is -3.93. The fraction of sp³-hybridized carbons (Fsp3) is 0.455. The first-order chi connectivity index (χ1) is 17.4. The molecular formula is C22H24ClF2N7O3S2. The summed E-state index contributed by atoms with van der Waals surface area (Å²) in [6, 6.07) is 1.41. The monoisotopic (exact) mass is 571 g/mol. The number of nitrogens with zero attached hydrogens (tertiary/aromatic N) is 6. The smallest absolute Gasteiger partial charge is 0.319 e. The van der Waals surface area contributed by atoms with Crippen LogP contribution >= 0.6 is 22.9 Å². The Morgan fingerprint density at radius 1 is 1.30 bits per heavy atom. The molecule has 0 bridgehead atoms. The van der Waals surface area contributed by atoms with E-state index in [-0.39, 0.29) is 26.9 Å². The van der Waals surface area contributed by atoms with Crippen LogP contribution in [-0.2, 0) is 10.0 Å². The van der Waals surface area contributed by atoms with Crippen LogP contribution in [-0.4, -0.2) is 76.6 Å². The van der Waals surface area contributed by atoms with Crippen LogP contribution in [0.3, 0.4) is 0 Å². The van der Waals surface area contributed by atoms with E-state index < -0.39 is 27.0 Å². The number of sulfonamides is 1. The second-order valence-corrected chi connectivity index (χ2v) is 12.6. The number of hydrogen-bond acceptors (Lipinski definition) is 7. The van der Waals surface area contributed by atoms with E-state index in [4.69, 9.17) is 11.6 Å². The van der Waals surface area contributed by atoms with Crippen LogP contribution in [0.2, 0.25) is 5.15 Å². The zero-order chi connectivity index (χ0) is 26.7. The first kappa shape index (κ1) is 25.9. The lowest BCUT2D eigenvalue weighted by Crippen LogP contribution is -2.41. The van der Waals surface area contributed by atoms with Crippen molar-refractivity contribution >= 4 is 50.1 Å². The van der Waals surface area contributed by atoms with Crippen molar-refractivity contribution in [2.75, 3.05) is 27.2 Å². The number of pyridine rings is 1. The SMILES string of the molecule is CN(C)C(=O)N1CC=C(c2cc(S(=O)(=O)NC3(C)CC3)cn3c(-c4nnc(C(F)F)s4)nc(Cl)c23)CC1. The van der Waals surface area contributed by atoms with Gasteiger partial charge >= 0.3 is 6.03 Å². The van der Waals surface area contributed by atoms with Gasteiger partial charge in [0.05, 0.1) is 10.4 Å². The van der Waals surface area contributed by atoms with E-state index in [0.29, 0.717) is 41.9 Å². The normalized spacial score (nSPS) is 17.4. The molecule has 4 heterocycles. The van der Waals surface area contributed by atoms with Gasteiger partial charge in [0.15, 0.2) is 21.0 Å². The number of alkyl halides is 2. The number of carbonyl (C=O) groups excluding carboxylic acids is 1. The van der Waals surface area contributed by atoms with Gasteiger partial charge in [0, 0.05) is 44.5 Å². The maximum atomic E-state index is 13.4. The lowest BCUT2D eigenvalue weighted by Gasteiger charge is -2.29. The average Bonchev–Trinajstić information content (AvgIpc) is 3.23. The molecule has 0 radical (unpaired) electrons. The molecule has 37 heavy (non-hydrogen) atoms. The van der Waals surface area contributed by atoms with E-state index in [9.17, 15) is 22.0 Å². The number of urea groups is 1. The second-order valence-electron chi connectivity index (χ2n) is 9.55. The maximum Gasteiger partial charge on any atom is 0.319 e. The number of imidazole rings is 1. The van der Waals surface area contributed by atoms with E-state index >= 15 is 0 Å². The first-order valence-corrected chi connectivity index (χ1v) is 14.1. The summed E-state index contributed by atoms with van der Waals surface area (Å²) in [6.45, 7) is 2.59. The minimum absolute atomic E-state index is 0.0234. The fourth-order valence-corrected chi connectivity index (χ4v) is 6.59. The molecule has 0 aromatic carbocycles. The molecule has 1 aliphatic carbocycles. The van der Waals surface area contributed by atoms with Gasteiger partial charge in [0.25, 0.3) is 6.43 Å². The number of amides is 2. The molecule has 15 heteroatoms. The predicted molar refractivity (Wildman–Crippen MR) is 135 cm³/mol. The molecule has 0 atom stereocenters. The van der Waals surface area contributed by atoms with E-state index in [1.165, 1.54) is 15.5 Å². The summed E-state index contributed by atoms with van der Waals surface area (Å²) in [6.07, 6.45) is 2.33. The number of fused-ring (bicyclic) bond motifs is 1. The van der Waals surface area contributed by atoms with Crippen LogP contribution in [0, 0.1) is 0 Å². The molecule has 3 aromatic heterocycles. The van der Waals surface area contributed by atoms with Gasteiger partial charge in [0.1, 0.15) is 0 Å². The summed E-state index contributed by atoms with van der Waals surface area (Å²) < 4.78 is 57.3. The van der Waals surface area contributed by atoms with Gasteiger partial charge in [-0.05, 0) is 37.8 Å². The number of nitrogens with one attached hydrogen (secondary N) is 1. The van der Waals surface area contributed by atoms with Crippen molar-refractivity contribution in [2.45, 2.75) is 43.0 Å². The van der Waals surface area contributed by atoms with E-state index in [1.807, 2.05) is 13.0 Å². The van der Waals surface area contributed by atoms with Crippen molar-refractivity contribution < 1.29 is 22.0 Å². The Hall–Kier alpha value is -2.68. The lowest BCUT2D eigenvalue weighted by molar-refractivity contribution is 0.150. The Kier molecular flexibility index (Phi) is 6.49. The van der Waals surface area contributed by atoms with Crippen LogP contribution in [0.4, 0.5) is 13.6 Å². The molecule has 1 fully saturated rings. The summed E-state index contributed by atoms with van der Waals surface area (Å²) in [5, 5.41) is 7.04. The van der Waals surface area contributed by atoms with E-state index in [1.54, 1.807) is 25.1 Å². The number of carbonyl (C=O) groups is 1. The summed E-state index contributed by atoms with van der Waals surface area (Å²) in [4.78, 5) is 19.9. The highest BCUT2D eigenvalue weighted by atomic mass is 35.5. The van der Waals surface area contributed by atoms with Crippen molar-refractivity contribution in [1.82, 2.24) is 34.1 Å². The van der Waals surface area contributed by atoms with Crippen LogP contribution < -0.4 is 4.72 Å². The molecule has 198 valence electrons. The summed E-state index contributed by atoms with van der Waals surface area (Å²) in [7, 11) is -0.586. The zero-order valence-corrected chi connectivity index (χ0v) is 22.6. The van der Waals surface area contributed by atoms with Crippen LogP contribution in [0.5, 0.6) is 0 Å². The van der Waals surface area contributed by atoms with Crippen molar-refractivity contribution in [3.8, 4) is 10.8 Å².